The molecule has 3 rings (SSSR count). The number of nitrogens with zero attached hydrogens (tertiary/aromatic N) is 2. The van der Waals surface area contributed by atoms with Gasteiger partial charge in [-0.2, -0.15) is 5.10 Å². The molecule has 146 valence electrons. The smallest absolute Gasteiger partial charge is 0.263 e. The summed E-state index contributed by atoms with van der Waals surface area (Å²) in [5.41, 5.74) is 1.93. The zero-order valence-electron chi connectivity index (χ0n) is 15.8. The second-order valence-corrected chi connectivity index (χ2v) is 9.46. The summed E-state index contributed by atoms with van der Waals surface area (Å²) in [5, 5.41) is 7.13. The lowest BCUT2D eigenvalue weighted by atomic mass is 10.0. The number of nitrogens with one attached hydrogen (secondary N) is 1. The summed E-state index contributed by atoms with van der Waals surface area (Å²) >= 11 is 0. The van der Waals surface area contributed by atoms with Gasteiger partial charge >= 0.3 is 0 Å². The second kappa shape index (κ2) is 7.72. The van der Waals surface area contributed by atoms with Gasteiger partial charge in [0.15, 0.2) is 16.4 Å². The first kappa shape index (κ1) is 19.4. The molecular weight excluding hydrogens is 366 g/mol. The number of carbonyl (C=O) groups is 1. The van der Waals surface area contributed by atoms with E-state index in [-0.39, 0.29) is 30.1 Å². The molecule has 0 bridgehead atoms. The van der Waals surface area contributed by atoms with Gasteiger partial charge < -0.3 is 10.1 Å². The van der Waals surface area contributed by atoms with E-state index in [0.717, 1.165) is 5.69 Å². The normalized spacial score (nSPS) is 18.6. The van der Waals surface area contributed by atoms with Gasteiger partial charge in [0.05, 0.1) is 23.2 Å². The zero-order chi connectivity index (χ0) is 19.6. The Morgan fingerprint density at radius 2 is 2.04 bits per heavy atom. The molecule has 0 aliphatic carbocycles. The van der Waals surface area contributed by atoms with Crippen molar-refractivity contribution in [3.63, 3.8) is 0 Å². The number of anilines is 1. The summed E-state index contributed by atoms with van der Waals surface area (Å²) in [6.45, 7) is 5.91. The standard InChI is InChI=1S/C19H25N3O4S/c1-13(2)15-4-6-17(7-5-15)26-11-19(23)20-18-10-14(3)21-22(18)16-8-9-27(24,25)12-16/h4-7,10,13,16H,8-9,11-12H2,1-3H3,(H,20,23)/t16-/m1/s1. The molecule has 1 fully saturated rings. The fourth-order valence-corrected chi connectivity index (χ4v) is 4.83. The van der Waals surface area contributed by atoms with Crippen LogP contribution in [0, 0.1) is 6.92 Å². The largest absolute Gasteiger partial charge is 0.484 e. The molecule has 1 amide bonds. The topological polar surface area (TPSA) is 90.3 Å². The Labute approximate surface area is 159 Å². The number of sulfone groups is 1. The molecule has 1 aromatic heterocycles. The maximum atomic E-state index is 12.3. The Morgan fingerprint density at radius 3 is 2.63 bits per heavy atom. The summed E-state index contributed by atoms with van der Waals surface area (Å²) in [4.78, 5) is 12.3. The average molecular weight is 391 g/mol. The molecule has 1 N–H and O–H groups in total. The molecule has 1 aromatic carbocycles. The van der Waals surface area contributed by atoms with Crippen LogP contribution in [0.15, 0.2) is 30.3 Å². The van der Waals surface area contributed by atoms with Crippen LogP contribution in [0.2, 0.25) is 0 Å². The van der Waals surface area contributed by atoms with E-state index in [4.69, 9.17) is 4.74 Å². The first-order valence-corrected chi connectivity index (χ1v) is 10.8. The predicted molar refractivity (Wildman–Crippen MR) is 104 cm³/mol. The molecule has 1 aliphatic heterocycles. The Bertz CT molecular complexity index is 917. The highest BCUT2D eigenvalue weighted by Crippen LogP contribution is 2.27. The molecule has 8 heteroatoms. The van der Waals surface area contributed by atoms with Crippen molar-refractivity contribution in [3.05, 3.63) is 41.6 Å². The fraction of sp³-hybridized carbons (Fsp3) is 0.474. The molecule has 27 heavy (non-hydrogen) atoms. The van der Waals surface area contributed by atoms with Gasteiger partial charge in [0.2, 0.25) is 0 Å². The van der Waals surface area contributed by atoms with Crippen LogP contribution in [0.4, 0.5) is 5.82 Å². The summed E-state index contributed by atoms with van der Waals surface area (Å²) in [6, 6.07) is 9.15. The Balaban J connectivity index is 1.61. The monoisotopic (exact) mass is 391 g/mol. The van der Waals surface area contributed by atoms with Crippen LogP contribution in [0.5, 0.6) is 5.75 Å². The summed E-state index contributed by atoms with van der Waals surface area (Å²) < 4.78 is 30.6. The molecule has 1 aliphatic rings. The highest BCUT2D eigenvalue weighted by atomic mass is 32.2. The van der Waals surface area contributed by atoms with E-state index in [1.165, 1.54) is 5.56 Å². The number of hydrogen-bond acceptors (Lipinski definition) is 5. The number of aromatic nitrogens is 2. The summed E-state index contributed by atoms with van der Waals surface area (Å²) in [6.07, 6.45) is 0.505. The lowest BCUT2D eigenvalue weighted by Crippen LogP contribution is -2.23. The third-order valence-corrected chi connectivity index (χ3v) is 6.35. The lowest BCUT2D eigenvalue weighted by molar-refractivity contribution is -0.118. The van der Waals surface area contributed by atoms with Gasteiger partial charge in [-0.1, -0.05) is 26.0 Å². The SMILES string of the molecule is Cc1cc(NC(=O)COc2ccc(C(C)C)cc2)n([C@@H]2CCS(=O)(=O)C2)n1. The van der Waals surface area contributed by atoms with E-state index >= 15 is 0 Å². The van der Waals surface area contributed by atoms with Crippen LogP contribution >= 0.6 is 0 Å². The molecule has 1 atom stereocenters. The average Bonchev–Trinajstić information content (AvgIpc) is 3.15. The minimum absolute atomic E-state index is 0.0513. The molecule has 2 aromatic rings. The minimum Gasteiger partial charge on any atom is -0.484 e. The van der Waals surface area contributed by atoms with Crippen LogP contribution in [-0.2, 0) is 14.6 Å². The van der Waals surface area contributed by atoms with Gasteiger partial charge in [-0.25, -0.2) is 13.1 Å². The second-order valence-electron chi connectivity index (χ2n) is 7.23. The molecule has 1 saturated heterocycles. The van der Waals surface area contributed by atoms with Gasteiger partial charge in [-0.05, 0) is 37.0 Å². The quantitative estimate of drug-likeness (QED) is 0.818. The van der Waals surface area contributed by atoms with E-state index in [2.05, 4.69) is 24.3 Å². The van der Waals surface area contributed by atoms with Crippen LogP contribution in [0.25, 0.3) is 0 Å². The Kier molecular flexibility index (Phi) is 5.55. The lowest BCUT2D eigenvalue weighted by Gasteiger charge is -2.14. The van der Waals surface area contributed by atoms with Crippen molar-refractivity contribution >= 4 is 21.6 Å². The highest BCUT2D eigenvalue weighted by Gasteiger charge is 2.31. The Hall–Kier alpha value is -2.35. The molecule has 0 spiro atoms. The van der Waals surface area contributed by atoms with E-state index in [1.807, 2.05) is 31.2 Å². The van der Waals surface area contributed by atoms with Crippen molar-refractivity contribution in [3.8, 4) is 5.75 Å². The molecule has 0 radical (unpaired) electrons. The van der Waals surface area contributed by atoms with Gasteiger partial charge in [-0.15, -0.1) is 0 Å². The van der Waals surface area contributed by atoms with Crippen LogP contribution in [-0.4, -0.2) is 42.2 Å². The predicted octanol–water partition coefficient (Wildman–Crippen LogP) is 2.69. The van der Waals surface area contributed by atoms with Crippen molar-refractivity contribution in [2.24, 2.45) is 0 Å². The number of aryl methyl sites for hydroxylation is 1. The fourth-order valence-electron chi connectivity index (χ4n) is 3.13. The number of amides is 1. The van der Waals surface area contributed by atoms with Crippen molar-refractivity contribution in [2.45, 2.75) is 39.2 Å². The number of carbonyl (C=O) groups excluding carboxylic acids is 1. The molecule has 0 unspecified atom stereocenters. The van der Waals surface area contributed by atoms with Gasteiger partial charge in [0.25, 0.3) is 5.91 Å². The molecular formula is C19H25N3O4S. The number of rotatable bonds is 6. The van der Waals surface area contributed by atoms with Crippen molar-refractivity contribution in [1.29, 1.82) is 0 Å². The van der Waals surface area contributed by atoms with Crippen LogP contribution in [0.1, 0.15) is 43.5 Å². The zero-order valence-corrected chi connectivity index (χ0v) is 16.6. The van der Waals surface area contributed by atoms with Crippen molar-refractivity contribution < 1.29 is 17.9 Å². The van der Waals surface area contributed by atoms with Crippen LogP contribution < -0.4 is 10.1 Å². The van der Waals surface area contributed by atoms with Gasteiger partial charge in [0, 0.05) is 6.07 Å². The Morgan fingerprint density at radius 1 is 1.33 bits per heavy atom. The molecule has 0 saturated carbocycles. The first-order chi connectivity index (χ1) is 12.7. The van der Waals surface area contributed by atoms with Crippen LogP contribution in [0.3, 0.4) is 0 Å². The maximum Gasteiger partial charge on any atom is 0.263 e. The van der Waals surface area contributed by atoms with Gasteiger partial charge in [-0.3, -0.25) is 4.79 Å². The molecule has 2 heterocycles. The maximum absolute atomic E-state index is 12.3. The number of ether oxygens (including phenoxy) is 1. The summed E-state index contributed by atoms with van der Waals surface area (Å²) in [7, 11) is -3.03. The van der Waals surface area contributed by atoms with Gasteiger partial charge in [0.1, 0.15) is 11.6 Å². The number of benzene rings is 1. The third kappa shape index (κ3) is 4.88. The minimum atomic E-state index is -3.03. The van der Waals surface area contributed by atoms with E-state index in [0.29, 0.717) is 23.9 Å². The summed E-state index contributed by atoms with van der Waals surface area (Å²) in [5.74, 6) is 1.45. The van der Waals surface area contributed by atoms with Crippen molar-refractivity contribution in [2.75, 3.05) is 23.4 Å². The van der Waals surface area contributed by atoms with E-state index in [9.17, 15) is 13.2 Å². The van der Waals surface area contributed by atoms with E-state index < -0.39 is 9.84 Å². The van der Waals surface area contributed by atoms with Crippen molar-refractivity contribution in [1.82, 2.24) is 9.78 Å². The first-order valence-electron chi connectivity index (χ1n) is 9.03. The highest BCUT2D eigenvalue weighted by molar-refractivity contribution is 7.91. The molecule has 7 nitrogen and oxygen atoms in total. The number of hydrogen-bond donors (Lipinski definition) is 1. The third-order valence-electron chi connectivity index (χ3n) is 4.60. The van der Waals surface area contributed by atoms with E-state index in [1.54, 1.807) is 10.7 Å².